The Hall–Kier alpha value is -2.29. The van der Waals surface area contributed by atoms with Crippen LogP contribution in [0.25, 0.3) is 0 Å². The number of sulfonamides is 1. The maximum Gasteiger partial charge on any atom is 0.243 e. The molecular weight excluding hydrogens is 441 g/mol. The zero-order chi connectivity index (χ0) is 23.8. The molecule has 2 saturated heterocycles. The molecule has 178 valence electrons. The minimum absolute atomic E-state index is 0.0792. The summed E-state index contributed by atoms with van der Waals surface area (Å²) in [5.74, 6) is -0.222. The van der Waals surface area contributed by atoms with Gasteiger partial charge in [0.05, 0.1) is 22.6 Å². The SMILES string of the molecule is CC[C@H](C)[C@@H]1NC2(CCN(S(=O)(=O)c3ccc(F)cc3)CC2)N([C@@H](C)c2ccccc2)C1=O. The van der Waals surface area contributed by atoms with Gasteiger partial charge in [-0.15, -0.1) is 0 Å². The normalized spacial score (nSPS) is 23.1. The van der Waals surface area contributed by atoms with Crippen LogP contribution in [0.3, 0.4) is 0 Å². The van der Waals surface area contributed by atoms with E-state index in [1.807, 2.05) is 42.2 Å². The fraction of sp³-hybridized carbons (Fsp3) is 0.480. The number of piperidine rings is 1. The summed E-state index contributed by atoms with van der Waals surface area (Å²) < 4.78 is 41.0. The van der Waals surface area contributed by atoms with E-state index >= 15 is 0 Å². The smallest absolute Gasteiger partial charge is 0.243 e. The summed E-state index contributed by atoms with van der Waals surface area (Å²) in [4.78, 5) is 15.7. The third-order valence-electron chi connectivity index (χ3n) is 7.27. The van der Waals surface area contributed by atoms with Crippen LogP contribution in [-0.2, 0) is 14.8 Å². The summed E-state index contributed by atoms with van der Waals surface area (Å²) in [5.41, 5.74) is 0.452. The summed E-state index contributed by atoms with van der Waals surface area (Å²) in [6, 6.07) is 14.4. The van der Waals surface area contributed by atoms with E-state index in [0.717, 1.165) is 24.1 Å². The van der Waals surface area contributed by atoms with Crippen LogP contribution in [0.4, 0.5) is 4.39 Å². The summed E-state index contributed by atoms with van der Waals surface area (Å²) >= 11 is 0. The quantitative estimate of drug-likeness (QED) is 0.691. The van der Waals surface area contributed by atoms with Gasteiger partial charge in [-0.2, -0.15) is 4.31 Å². The molecule has 0 bridgehead atoms. The highest BCUT2D eigenvalue weighted by atomic mass is 32.2. The Morgan fingerprint density at radius 2 is 1.67 bits per heavy atom. The Morgan fingerprint density at radius 1 is 1.06 bits per heavy atom. The van der Waals surface area contributed by atoms with Gasteiger partial charge in [-0.3, -0.25) is 10.1 Å². The molecule has 2 aromatic rings. The van der Waals surface area contributed by atoms with Gasteiger partial charge in [0.15, 0.2) is 0 Å². The topological polar surface area (TPSA) is 69.7 Å². The monoisotopic (exact) mass is 473 g/mol. The van der Waals surface area contributed by atoms with Crippen LogP contribution >= 0.6 is 0 Å². The second-order valence-corrected chi connectivity index (χ2v) is 11.1. The molecule has 2 aromatic carbocycles. The summed E-state index contributed by atoms with van der Waals surface area (Å²) in [6.45, 7) is 6.76. The summed E-state index contributed by atoms with van der Waals surface area (Å²) in [7, 11) is -3.73. The average molecular weight is 474 g/mol. The van der Waals surface area contributed by atoms with E-state index in [0.29, 0.717) is 12.8 Å². The number of benzene rings is 2. The lowest BCUT2D eigenvalue weighted by Gasteiger charge is -2.46. The van der Waals surface area contributed by atoms with Crippen molar-refractivity contribution in [3.05, 3.63) is 66.0 Å². The van der Waals surface area contributed by atoms with Crippen molar-refractivity contribution >= 4 is 15.9 Å². The van der Waals surface area contributed by atoms with E-state index in [2.05, 4.69) is 19.2 Å². The maximum atomic E-state index is 13.6. The molecule has 6 nitrogen and oxygen atoms in total. The molecule has 0 unspecified atom stereocenters. The highest BCUT2D eigenvalue weighted by Crippen LogP contribution is 2.41. The molecule has 0 radical (unpaired) electrons. The van der Waals surface area contributed by atoms with Gasteiger partial charge in [0.1, 0.15) is 5.82 Å². The van der Waals surface area contributed by atoms with Gasteiger partial charge in [0.2, 0.25) is 15.9 Å². The van der Waals surface area contributed by atoms with E-state index in [-0.39, 0.29) is 41.9 Å². The van der Waals surface area contributed by atoms with Crippen LogP contribution in [0, 0.1) is 11.7 Å². The largest absolute Gasteiger partial charge is 0.316 e. The fourth-order valence-electron chi connectivity index (χ4n) is 5.08. The molecule has 8 heteroatoms. The van der Waals surface area contributed by atoms with Crippen molar-refractivity contribution in [3.8, 4) is 0 Å². The Balaban J connectivity index is 1.61. The van der Waals surface area contributed by atoms with Crippen molar-refractivity contribution in [1.82, 2.24) is 14.5 Å². The highest BCUT2D eigenvalue weighted by Gasteiger charge is 2.55. The number of halogens is 1. The van der Waals surface area contributed by atoms with Gasteiger partial charge >= 0.3 is 0 Å². The van der Waals surface area contributed by atoms with E-state index < -0.39 is 21.5 Å². The van der Waals surface area contributed by atoms with Gasteiger partial charge < -0.3 is 4.90 Å². The third-order valence-corrected chi connectivity index (χ3v) is 9.18. The van der Waals surface area contributed by atoms with Gasteiger partial charge in [-0.1, -0.05) is 50.6 Å². The zero-order valence-electron chi connectivity index (χ0n) is 19.4. The molecule has 0 aromatic heterocycles. The van der Waals surface area contributed by atoms with Crippen LogP contribution in [0.15, 0.2) is 59.5 Å². The van der Waals surface area contributed by atoms with Gasteiger partial charge in [0.25, 0.3) is 0 Å². The Morgan fingerprint density at radius 3 is 2.24 bits per heavy atom. The first kappa shape index (κ1) is 23.9. The van der Waals surface area contributed by atoms with Gasteiger partial charge in [-0.25, -0.2) is 12.8 Å². The molecule has 33 heavy (non-hydrogen) atoms. The second-order valence-electron chi connectivity index (χ2n) is 9.19. The highest BCUT2D eigenvalue weighted by molar-refractivity contribution is 7.89. The van der Waals surface area contributed by atoms with Crippen LogP contribution in [0.2, 0.25) is 0 Å². The minimum Gasteiger partial charge on any atom is -0.316 e. The van der Waals surface area contributed by atoms with Crippen molar-refractivity contribution in [3.63, 3.8) is 0 Å². The predicted molar refractivity (Wildman–Crippen MR) is 125 cm³/mol. The second kappa shape index (κ2) is 9.16. The predicted octanol–water partition coefficient (Wildman–Crippen LogP) is 3.91. The molecule has 3 atom stereocenters. The van der Waals surface area contributed by atoms with E-state index in [9.17, 15) is 17.6 Å². The molecule has 1 spiro atoms. The van der Waals surface area contributed by atoms with Crippen molar-refractivity contribution < 1.29 is 17.6 Å². The Kier molecular flexibility index (Phi) is 6.62. The lowest BCUT2D eigenvalue weighted by atomic mass is 9.94. The molecule has 2 aliphatic rings. The molecule has 2 heterocycles. The third kappa shape index (κ3) is 4.32. The number of hydrogen-bond donors (Lipinski definition) is 1. The van der Waals surface area contributed by atoms with Crippen LogP contribution in [0.5, 0.6) is 0 Å². The zero-order valence-corrected chi connectivity index (χ0v) is 20.2. The standard InChI is InChI=1S/C25H32FN3O3S/c1-4-18(2)23-24(30)29(19(3)20-8-6-5-7-9-20)25(27-23)14-16-28(17-15-25)33(31,32)22-12-10-21(26)11-13-22/h5-13,18-19,23,27H,4,14-17H2,1-3H3/t18-,19-,23-/m0/s1. The molecule has 1 N–H and O–H groups in total. The molecule has 4 rings (SSSR count). The Bertz CT molecular complexity index is 1080. The number of nitrogens with one attached hydrogen (secondary N) is 1. The molecular formula is C25H32FN3O3S. The number of rotatable bonds is 6. The van der Waals surface area contributed by atoms with Crippen molar-refractivity contribution in [1.29, 1.82) is 0 Å². The molecule has 2 fully saturated rings. The van der Waals surface area contributed by atoms with E-state index in [1.165, 1.54) is 16.4 Å². The first-order valence-electron chi connectivity index (χ1n) is 11.6. The number of nitrogens with zero attached hydrogens (tertiary/aromatic N) is 2. The fourth-order valence-corrected chi connectivity index (χ4v) is 6.52. The number of carbonyl (C=O) groups is 1. The van der Waals surface area contributed by atoms with Crippen molar-refractivity contribution in [2.75, 3.05) is 13.1 Å². The van der Waals surface area contributed by atoms with Crippen LogP contribution in [0.1, 0.15) is 51.6 Å². The first-order chi connectivity index (χ1) is 15.7. The lowest BCUT2D eigenvalue weighted by molar-refractivity contribution is -0.136. The maximum absolute atomic E-state index is 13.6. The molecule has 1 amide bonds. The molecule has 0 saturated carbocycles. The first-order valence-corrected chi connectivity index (χ1v) is 13.0. The van der Waals surface area contributed by atoms with E-state index in [4.69, 9.17) is 0 Å². The average Bonchev–Trinajstić information content (AvgIpc) is 3.10. The number of hydrogen-bond acceptors (Lipinski definition) is 4. The minimum atomic E-state index is -3.73. The number of amides is 1. The molecule has 2 aliphatic heterocycles. The summed E-state index contributed by atoms with van der Waals surface area (Å²) in [6.07, 6.45) is 1.85. The van der Waals surface area contributed by atoms with Gasteiger partial charge in [0, 0.05) is 13.1 Å². The van der Waals surface area contributed by atoms with Crippen molar-refractivity contribution in [2.24, 2.45) is 5.92 Å². The summed E-state index contributed by atoms with van der Waals surface area (Å²) in [5, 5.41) is 3.63. The van der Waals surface area contributed by atoms with Crippen molar-refractivity contribution in [2.45, 2.75) is 62.7 Å². The number of carbonyl (C=O) groups excluding carboxylic acids is 1. The van der Waals surface area contributed by atoms with Crippen LogP contribution in [-0.4, -0.2) is 48.3 Å². The van der Waals surface area contributed by atoms with Crippen LogP contribution < -0.4 is 5.32 Å². The lowest BCUT2D eigenvalue weighted by Crippen LogP contribution is -2.60. The van der Waals surface area contributed by atoms with E-state index in [1.54, 1.807) is 0 Å². The van der Waals surface area contributed by atoms with Gasteiger partial charge in [-0.05, 0) is 55.5 Å². The Labute approximate surface area is 195 Å². The molecule has 0 aliphatic carbocycles.